The highest BCUT2D eigenvalue weighted by atomic mass is 16.5. The third-order valence-electron chi connectivity index (χ3n) is 3.45. The molecule has 6 heteroatoms. The Kier molecular flexibility index (Phi) is 4.95. The predicted molar refractivity (Wildman–Crippen MR) is 66.4 cm³/mol. The number of rotatable bonds is 4. The quantitative estimate of drug-likeness (QED) is 0.786. The number of nitrogens with zero attached hydrogens (tertiary/aromatic N) is 1. The van der Waals surface area contributed by atoms with Crippen molar-refractivity contribution in [2.75, 3.05) is 26.2 Å². The second kappa shape index (κ2) is 6.04. The van der Waals surface area contributed by atoms with E-state index in [4.69, 9.17) is 9.84 Å². The van der Waals surface area contributed by atoms with Crippen LogP contribution in [-0.2, 0) is 9.53 Å². The summed E-state index contributed by atoms with van der Waals surface area (Å²) in [6.07, 6.45) is 0.504. The number of aliphatic carboxylic acids is 1. The summed E-state index contributed by atoms with van der Waals surface area (Å²) in [6.45, 7) is 7.11. The molecule has 2 N–H and O–H groups in total. The molecule has 2 unspecified atom stereocenters. The van der Waals surface area contributed by atoms with Crippen LogP contribution in [0.3, 0.4) is 0 Å². The minimum atomic E-state index is -0.909. The van der Waals surface area contributed by atoms with E-state index in [1.165, 1.54) is 0 Å². The van der Waals surface area contributed by atoms with Gasteiger partial charge in [0.25, 0.3) is 0 Å². The largest absolute Gasteiger partial charge is 0.481 e. The Labute approximate surface area is 107 Å². The van der Waals surface area contributed by atoms with Gasteiger partial charge in [0.05, 0.1) is 18.1 Å². The van der Waals surface area contributed by atoms with E-state index in [-0.39, 0.29) is 18.7 Å². The van der Waals surface area contributed by atoms with Crippen LogP contribution in [0.25, 0.3) is 0 Å². The number of carbonyl (C=O) groups excluding carboxylic acids is 1. The predicted octanol–water partition coefficient (Wildman–Crippen LogP) is 0.918. The van der Waals surface area contributed by atoms with Gasteiger partial charge in [0.1, 0.15) is 0 Å². The lowest BCUT2D eigenvalue weighted by Crippen LogP contribution is -2.51. The Hall–Kier alpha value is -1.30. The van der Waals surface area contributed by atoms with Crippen LogP contribution in [-0.4, -0.2) is 54.4 Å². The van der Waals surface area contributed by atoms with Crippen molar-refractivity contribution in [1.82, 2.24) is 10.2 Å². The number of morpholine rings is 1. The van der Waals surface area contributed by atoms with Gasteiger partial charge >= 0.3 is 12.0 Å². The number of hydrogen-bond donors (Lipinski definition) is 2. The lowest BCUT2D eigenvalue weighted by molar-refractivity contribution is -0.147. The number of nitrogens with one attached hydrogen (secondary N) is 1. The van der Waals surface area contributed by atoms with E-state index < -0.39 is 11.4 Å². The van der Waals surface area contributed by atoms with Crippen LogP contribution in [0, 0.1) is 5.41 Å². The molecule has 1 rings (SSSR count). The molecular weight excluding hydrogens is 236 g/mol. The number of amides is 2. The normalized spacial score (nSPS) is 23.3. The van der Waals surface area contributed by atoms with Crippen molar-refractivity contribution >= 4 is 12.0 Å². The van der Waals surface area contributed by atoms with E-state index in [2.05, 4.69) is 5.32 Å². The van der Waals surface area contributed by atoms with Gasteiger partial charge in [0.2, 0.25) is 0 Å². The van der Waals surface area contributed by atoms with Crippen molar-refractivity contribution in [2.24, 2.45) is 5.41 Å². The van der Waals surface area contributed by atoms with Crippen molar-refractivity contribution in [1.29, 1.82) is 0 Å². The third-order valence-corrected chi connectivity index (χ3v) is 3.45. The fraction of sp³-hybridized carbons (Fsp3) is 0.833. The van der Waals surface area contributed by atoms with Crippen LogP contribution in [0.1, 0.15) is 27.2 Å². The van der Waals surface area contributed by atoms with Gasteiger partial charge in [-0.05, 0) is 20.3 Å². The number of urea groups is 1. The van der Waals surface area contributed by atoms with Gasteiger partial charge in [0, 0.05) is 19.6 Å². The minimum Gasteiger partial charge on any atom is -0.481 e. The lowest BCUT2D eigenvalue weighted by atomic mass is 9.88. The van der Waals surface area contributed by atoms with E-state index in [0.29, 0.717) is 26.1 Å². The van der Waals surface area contributed by atoms with Crippen LogP contribution in [0.2, 0.25) is 0 Å². The molecule has 1 heterocycles. The first-order chi connectivity index (χ1) is 8.39. The Morgan fingerprint density at radius 1 is 1.56 bits per heavy atom. The second-order valence-electron chi connectivity index (χ2n) is 5.01. The summed E-state index contributed by atoms with van der Waals surface area (Å²) in [5.41, 5.74) is -0.909. The maximum atomic E-state index is 11.9. The molecule has 0 aromatic heterocycles. The molecule has 1 fully saturated rings. The molecular formula is C12H22N2O4. The summed E-state index contributed by atoms with van der Waals surface area (Å²) in [7, 11) is 0. The van der Waals surface area contributed by atoms with Crippen molar-refractivity contribution in [3.05, 3.63) is 0 Å². The summed E-state index contributed by atoms with van der Waals surface area (Å²) < 4.78 is 5.35. The highest BCUT2D eigenvalue weighted by Gasteiger charge is 2.32. The Bertz CT molecular complexity index is 321. The molecule has 104 valence electrons. The van der Waals surface area contributed by atoms with Gasteiger partial charge in [-0.15, -0.1) is 0 Å². The average Bonchev–Trinajstić information content (AvgIpc) is 2.35. The number of carbonyl (C=O) groups is 2. The molecule has 2 atom stereocenters. The highest BCUT2D eigenvalue weighted by Crippen LogP contribution is 2.20. The Balaban J connectivity index is 2.47. The van der Waals surface area contributed by atoms with Gasteiger partial charge in [-0.1, -0.05) is 6.92 Å². The average molecular weight is 258 g/mol. The summed E-state index contributed by atoms with van der Waals surface area (Å²) >= 11 is 0. The van der Waals surface area contributed by atoms with Crippen molar-refractivity contribution in [3.63, 3.8) is 0 Å². The molecule has 18 heavy (non-hydrogen) atoms. The van der Waals surface area contributed by atoms with Gasteiger partial charge in [-0.25, -0.2) is 4.79 Å². The maximum Gasteiger partial charge on any atom is 0.317 e. The van der Waals surface area contributed by atoms with Crippen LogP contribution >= 0.6 is 0 Å². The third kappa shape index (κ3) is 3.60. The number of hydrogen-bond acceptors (Lipinski definition) is 3. The molecule has 0 spiro atoms. The van der Waals surface area contributed by atoms with Crippen molar-refractivity contribution in [3.8, 4) is 0 Å². The first-order valence-corrected chi connectivity index (χ1v) is 6.27. The molecule has 0 aliphatic carbocycles. The Morgan fingerprint density at radius 3 is 2.72 bits per heavy atom. The van der Waals surface area contributed by atoms with Gasteiger partial charge in [-0.2, -0.15) is 0 Å². The second-order valence-corrected chi connectivity index (χ2v) is 5.01. The van der Waals surface area contributed by atoms with Crippen LogP contribution < -0.4 is 5.32 Å². The lowest BCUT2D eigenvalue weighted by Gasteiger charge is -2.32. The first-order valence-electron chi connectivity index (χ1n) is 6.27. The zero-order valence-electron chi connectivity index (χ0n) is 11.2. The van der Waals surface area contributed by atoms with Gasteiger partial charge < -0.3 is 20.1 Å². The number of carboxylic acid groups (broad SMARTS) is 1. The first kappa shape index (κ1) is 14.8. The van der Waals surface area contributed by atoms with Crippen LogP contribution in [0.5, 0.6) is 0 Å². The van der Waals surface area contributed by atoms with Gasteiger partial charge in [0.15, 0.2) is 0 Å². The zero-order chi connectivity index (χ0) is 13.8. The maximum absolute atomic E-state index is 11.9. The SMILES string of the molecule is CCC(C)(CNC(=O)N1CCOC(C)C1)C(=O)O. The summed E-state index contributed by atoms with van der Waals surface area (Å²) in [4.78, 5) is 24.7. The van der Waals surface area contributed by atoms with E-state index in [1.807, 2.05) is 6.92 Å². The summed E-state index contributed by atoms with van der Waals surface area (Å²) in [5.74, 6) is -0.888. The minimum absolute atomic E-state index is 0.0292. The standard InChI is InChI=1S/C12H22N2O4/c1-4-12(3,10(15)16)8-13-11(17)14-5-6-18-9(2)7-14/h9H,4-8H2,1-3H3,(H,13,17)(H,15,16). The van der Waals surface area contributed by atoms with E-state index in [0.717, 1.165) is 0 Å². The van der Waals surface area contributed by atoms with E-state index in [9.17, 15) is 9.59 Å². The fourth-order valence-electron chi connectivity index (χ4n) is 1.74. The molecule has 1 aliphatic heterocycles. The van der Waals surface area contributed by atoms with Gasteiger partial charge in [-0.3, -0.25) is 4.79 Å². The van der Waals surface area contributed by atoms with Crippen molar-refractivity contribution in [2.45, 2.75) is 33.3 Å². The van der Waals surface area contributed by atoms with Crippen LogP contribution in [0.15, 0.2) is 0 Å². The molecule has 0 radical (unpaired) electrons. The van der Waals surface area contributed by atoms with E-state index >= 15 is 0 Å². The summed E-state index contributed by atoms with van der Waals surface area (Å²) in [5, 5.41) is 11.8. The molecule has 1 aliphatic rings. The fourth-order valence-corrected chi connectivity index (χ4v) is 1.74. The molecule has 2 amide bonds. The monoisotopic (exact) mass is 258 g/mol. The zero-order valence-corrected chi connectivity index (χ0v) is 11.2. The molecule has 1 saturated heterocycles. The Morgan fingerprint density at radius 2 is 2.22 bits per heavy atom. The molecule has 6 nitrogen and oxygen atoms in total. The highest BCUT2D eigenvalue weighted by molar-refractivity contribution is 5.78. The molecule has 0 saturated carbocycles. The van der Waals surface area contributed by atoms with Crippen LogP contribution in [0.4, 0.5) is 4.79 Å². The van der Waals surface area contributed by atoms with Crippen molar-refractivity contribution < 1.29 is 19.4 Å². The molecule has 0 bridgehead atoms. The summed E-state index contributed by atoms with van der Waals surface area (Å²) in [6, 6.07) is -0.217. The smallest absolute Gasteiger partial charge is 0.317 e. The molecule has 0 aromatic rings. The molecule has 0 aromatic carbocycles. The number of ether oxygens (including phenoxy) is 1. The number of carboxylic acids is 1. The van der Waals surface area contributed by atoms with E-state index in [1.54, 1.807) is 18.7 Å². The topological polar surface area (TPSA) is 78.9 Å².